The van der Waals surface area contributed by atoms with Gasteiger partial charge in [0.25, 0.3) is 5.78 Å². The zero-order valence-corrected chi connectivity index (χ0v) is 20.8. The molecular formula is C24H20Br2N2O4. The lowest BCUT2D eigenvalue weighted by Gasteiger charge is -2.23. The maximum atomic E-state index is 13.1. The van der Waals surface area contributed by atoms with Crippen LogP contribution in [0.2, 0.25) is 0 Å². The van der Waals surface area contributed by atoms with Crippen LogP contribution in [0.25, 0.3) is 5.76 Å². The second-order valence-electron chi connectivity index (χ2n) is 8.53. The third-order valence-corrected chi connectivity index (χ3v) is 6.29. The smallest absolute Gasteiger partial charge is 0.301 e. The number of amides is 1. The van der Waals surface area contributed by atoms with Crippen LogP contribution in [0, 0.1) is 0 Å². The van der Waals surface area contributed by atoms with Gasteiger partial charge in [0.15, 0.2) is 5.82 Å². The fraction of sp³-hybridized carbons (Fsp3) is 0.208. The topological polar surface area (TPSA) is 83.6 Å². The first-order chi connectivity index (χ1) is 15.1. The highest BCUT2D eigenvalue weighted by atomic mass is 79.9. The maximum absolute atomic E-state index is 13.1. The lowest BCUT2D eigenvalue weighted by atomic mass is 9.93. The number of halogens is 2. The number of aliphatic hydroxyl groups is 1. The van der Waals surface area contributed by atoms with Crippen LogP contribution < -0.4 is 4.90 Å². The largest absolute Gasteiger partial charge is 0.507 e. The van der Waals surface area contributed by atoms with E-state index in [1.165, 1.54) is 4.90 Å². The number of anilines is 1. The summed E-state index contributed by atoms with van der Waals surface area (Å²) in [6.07, 6.45) is 0. The molecule has 1 saturated heterocycles. The minimum absolute atomic E-state index is 0.0000430. The Morgan fingerprint density at radius 2 is 1.56 bits per heavy atom. The molecule has 1 N–H and O–H groups in total. The van der Waals surface area contributed by atoms with Crippen molar-refractivity contribution in [1.29, 1.82) is 0 Å². The number of rotatable bonds is 3. The molecule has 2 aromatic carbocycles. The molecule has 1 atom stereocenters. The van der Waals surface area contributed by atoms with Crippen molar-refractivity contribution >= 4 is 55.1 Å². The van der Waals surface area contributed by atoms with Crippen molar-refractivity contribution < 1.29 is 19.2 Å². The summed E-state index contributed by atoms with van der Waals surface area (Å²) < 4.78 is 7.15. The van der Waals surface area contributed by atoms with E-state index < -0.39 is 17.7 Å². The number of aliphatic hydroxyl groups excluding tert-OH is 1. The number of carbonyl (C=O) groups excluding carboxylic acids is 2. The van der Waals surface area contributed by atoms with Crippen molar-refractivity contribution in [2.24, 2.45) is 0 Å². The van der Waals surface area contributed by atoms with E-state index in [2.05, 4.69) is 37.0 Å². The fourth-order valence-electron chi connectivity index (χ4n) is 3.53. The predicted octanol–water partition coefficient (Wildman–Crippen LogP) is 6.12. The normalized spacial score (nSPS) is 18.4. The van der Waals surface area contributed by atoms with Crippen LogP contribution in [-0.2, 0) is 15.0 Å². The quantitative estimate of drug-likeness (QED) is 0.237. The van der Waals surface area contributed by atoms with Crippen molar-refractivity contribution in [3.8, 4) is 0 Å². The summed E-state index contributed by atoms with van der Waals surface area (Å²) in [7, 11) is 0. The number of Topliss-reactive ketones (excluding diaryl/α,β-unsaturated/α-hetero) is 1. The highest BCUT2D eigenvalue weighted by Gasteiger charge is 2.48. The molecular weight excluding hydrogens is 540 g/mol. The van der Waals surface area contributed by atoms with E-state index >= 15 is 0 Å². The van der Waals surface area contributed by atoms with Gasteiger partial charge in [0, 0.05) is 26.0 Å². The van der Waals surface area contributed by atoms with E-state index in [9.17, 15) is 14.7 Å². The second kappa shape index (κ2) is 8.33. The molecule has 0 aliphatic carbocycles. The van der Waals surface area contributed by atoms with Crippen LogP contribution >= 0.6 is 31.9 Å². The van der Waals surface area contributed by atoms with Crippen LogP contribution in [0.5, 0.6) is 0 Å². The fourth-order valence-corrected chi connectivity index (χ4v) is 4.05. The van der Waals surface area contributed by atoms with Gasteiger partial charge in [-0.05, 0) is 29.8 Å². The van der Waals surface area contributed by atoms with E-state index in [0.29, 0.717) is 16.9 Å². The minimum atomic E-state index is -0.857. The highest BCUT2D eigenvalue weighted by molar-refractivity contribution is 9.10. The van der Waals surface area contributed by atoms with Gasteiger partial charge < -0.3 is 9.63 Å². The monoisotopic (exact) mass is 558 g/mol. The Bertz CT molecular complexity index is 1220. The maximum Gasteiger partial charge on any atom is 0.301 e. The second-order valence-corrected chi connectivity index (χ2v) is 10.4. The molecule has 1 fully saturated rings. The molecule has 2 heterocycles. The Kier molecular flexibility index (Phi) is 5.85. The van der Waals surface area contributed by atoms with Crippen molar-refractivity contribution in [3.63, 3.8) is 0 Å². The molecule has 8 heteroatoms. The average molecular weight is 560 g/mol. The Balaban J connectivity index is 1.91. The number of hydrogen-bond acceptors (Lipinski definition) is 5. The Hall–Kier alpha value is -2.71. The summed E-state index contributed by atoms with van der Waals surface area (Å²) in [6.45, 7) is 5.89. The molecule has 164 valence electrons. The van der Waals surface area contributed by atoms with Gasteiger partial charge in [-0.1, -0.05) is 82.1 Å². The lowest BCUT2D eigenvalue weighted by Crippen LogP contribution is -2.29. The number of hydrogen-bond donors (Lipinski definition) is 1. The average Bonchev–Trinajstić information content (AvgIpc) is 3.32. The van der Waals surface area contributed by atoms with E-state index in [0.717, 1.165) is 8.95 Å². The molecule has 4 rings (SSSR count). The summed E-state index contributed by atoms with van der Waals surface area (Å²) in [5.41, 5.74) is 0.763. The number of aromatic nitrogens is 1. The molecule has 1 aromatic heterocycles. The zero-order valence-electron chi connectivity index (χ0n) is 17.6. The first-order valence-electron chi connectivity index (χ1n) is 9.87. The first-order valence-corrected chi connectivity index (χ1v) is 11.5. The highest BCUT2D eigenvalue weighted by Crippen LogP contribution is 2.42. The standard InChI is InChI=1S/C24H20Br2N2O4/c1-24(2,3)17-12-18(27-32-17)28-20(13-4-8-15(25)9-5-13)19(22(30)23(28)31)21(29)14-6-10-16(26)11-7-14/h4-12,20,29H,1-3H3/b21-19+/t20-/m1/s1. The number of ketones is 1. The van der Waals surface area contributed by atoms with Crippen molar-refractivity contribution in [2.45, 2.75) is 32.2 Å². The molecule has 32 heavy (non-hydrogen) atoms. The van der Waals surface area contributed by atoms with Gasteiger partial charge in [0.05, 0.1) is 11.6 Å². The van der Waals surface area contributed by atoms with Crippen molar-refractivity contribution in [1.82, 2.24) is 5.16 Å². The number of carbonyl (C=O) groups is 2. The van der Waals surface area contributed by atoms with Crippen molar-refractivity contribution in [3.05, 3.63) is 86.0 Å². The third kappa shape index (κ3) is 4.04. The van der Waals surface area contributed by atoms with E-state index in [1.807, 2.05) is 32.9 Å². The molecule has 0 bridgehead atoms. The Labute approximate surface area is 202 Å². The van der Waals surface area contributed by atoms with Gasteiger partial charge in [0.2, 0.25) is 0 Å². The molecule has 1 amide bonds. The van der Waals surface area contributed by atoms with Crippen LogP contribution in [0.1, 0.15) is 43.7 Å². The first kappa shape index (κ1) is 22.5. The summed E-state index contributed by atoms with van der Waals surface area (Å²) in [6, 6.07) is 14.9. The summed E-state index contributed by atoms with van der Waals surface area (Å²) in [5.74, 6) is -0.994. The van der Waals surface area contributed by atoms with Crippen LogP contribution in [-0.4, -0.2) is 22.0 Å². The van der Waals surface area contributed by atoms with Gasteiger partial charge >= 0.3 is 5.91 Å². The van der Waals surface area contributed by atoms with E-state index in [1.54, 1.807) is 42.5 Å². The molecule has 0 unspecified atom stereocenters. The summed E-state index contributed by atoms with van der Waals surface area (Å²) >= 11 is 6.77. The van der Waals surface area contributed by atoms with Gasteiger partial charge in [-0.2, -0.15) is 0 Å². The van der Waals surface area contributed by atoms with Crippen LogP contribution in [0.3, 0.4) is 0 Å². The summed E-state index contributed by atoms with van der Waals surface area (Å²) in [4.78, 5) is 27.6. The van der Waals surface area contributed by atoms with Gasteiger partial charge in [-0.25, -0.2) is 0 Å². The molecule has 3 aromatic rings. The molecule has 1 aliphatic rings. The molecule has 0 spiro atoms. The third-order valence-electron chi connectivity index (χ3n) is 5.23. The lowest BCUT2D eigenvalue weighted by molar-refractivity contribution is -0.132. The van der Waals surface area contributed by atoms with E-state index in [-0.39, 0.29) is 22.6 Å². The van der Waals surface area contributed by atoms with E-state index in [4.69, 9.17) is 4.52 Å². The van der Waals surface area contributed by atoms with Crippen LogP contribution in [0.4, 0.5) is 5.82 Å². The SMILES string of the molecule is CC(C)(C)c1cc(N2C(=O)C(=O)/C(=C(/O)c3ccc(Br)cc3)[C@H]2c2ccc(Br)cc2)no1. The minimum Gasteiger partial charge on any atom is -0.507 e. The number of nitrogens with zero attached hydrogens (tertiary/aromatic N) is 2. The Morgan fingerprint density at radius 3 is 2.09 bits per heavy atom. The van der Waals surface area contributed by atoms with Crippen molar-refractivity contribution in [2.75, 3.05) is 4.90 Å². The van der Waals surface area contributed by atoms with Gasteiger partial charge in [-0.3, -0.25) is 14.5 Å². The number of benzene rings is 2. The summed E-state index contributed by atoms with van der Waals surface area (Å²) in [5, 5.41) is 15.2. The molecule has 6 nitrogen and oxygen atoms in total. The Morgan fingerprint density at radius 1 is 1.00 bits per heavy atom. The molecule has 1 aliphatic heterocycles. The van der Waals surface area contributed by atoms with Gasteiger partial charge in [0.1, 0.15) is 11.5 Å². The molecule has 0 radical (unpaired) electrons. The van der Waals surface area contributed by atoms with Crippen LogP contribution in [0.15, 0.2) is 73.6 Å². The molecule has 0 saturated carbocycles. The van der Waals surface area contributed by atoms with Gasteiger partial charge in [-0.15, -0.1) is 0 Å². The zero-order chi connectivity index (χ0) is 23.2. The predicted molar refractivity (Wildman–Crippen MR) is 128 cm³/mol.